The SMILES string of the molecule is CC12SC(C(=O)Nc3ccc(CN(CC(=O)[O-])CC(=O)[O-])cc3)=CC1=C1CCCC1=C1C=C(C(=O)Nc3ccc(CN(CC(=O)[O-])CC(=O)[O-])cc3)SC12C.[Cu+2].[Cu+2]. The summed E-state index contributed by atoms with van der Waals surface area (Å²) in [6, 6.07) is 13.3. The smallest absolute Gasteiger partial charge is 0.549 e. The zero-order valence-electron chi connectivity index (χ0n) is 30.5. The quantitative estimate of drug-likeness (QED) is 0.202. The molecule has 2 aromatic rings. The van der Waals surface area contributed by atoms with Crippen LogP contribution in [0.15, 0.2) is 92.8 Å². The zero-order chi connectivity index (χ0) is 39.7. The maximum Gasteiger partial charge on any atom is 2.00 e. The summed E-state index contributed by atoms with van der Waals surface area (Å²) in [5, 5.41) is 50.1. The van der Waals surface area contributed by atoms with E-state index in [-0.39, 0.29) is 59.0 Å². The number of amides is 2. The number of rotatable bonds is 16. The number of thioether (sulfide) groups is 2. The molecule has 0 aromatic heterocycles. The van der Waals surface area contributed by atoms with Crippen molar-refractivity contribution in [2.24, 2.45) is 0 Å². The van der Waals surface area contributed by atoms with Gasteiger partial charge in [0.05, 0.1) is 43.2 Å². The molecular formula is C39H36Cu2N4O10S2. The molecule has 2 aromatic carbocycles. The minimum absolute atomic E-state index is 0. The molecule has 2 heterocycles. The second kappa shape index (κ2) is 18.6. The normalized spacial score (nSPS) is 20.4. The van der Waals surface area contributed by atoms with Crippen LogP contribution in [0.25, 0.3) is 0 Å². The zero-order valence-corrected chi connectivity index (χ0v) is 34.1. The number of nitrogens with zero attached hydrogens (tertiary/aromatic N) is 2. The Hall–Kier alpha value is -4.12. The van der Waals surface area contributed by atoms with Gasteiger partial charge in [-0.3, -0.25) is 19.4 Å². The Balaban J connectivity index is 0.00000360. The van der Waals surface area contributed by atoms with Crippen molar-refractivity contribution in [2.45, 2.75) is 55.7 Å². The monoisotopic (exact) mass is 910 g/mol. The predicted octanol–water partition coefficient (Wildman–Crippen LogP) is -0.568. The van der Waals surface area contributed by atoms with Crippen molar-refractivity contribution in [3.63, 3.8) is 0 Å². The van der Waals surface area contributed by atoms with Gasteiger partial charge in [0.15, 0.2) is 0 Å². The first-order valence-electron chi connectivity index (χ1n) is 17.4. The molecule has 2 aliphatic carbocycles. The summed E-state index contributed by atoms with van der Waals surface area (Å²) in [6.45, 7) is 1.97. The predicted molar refractivity (Wildman–Crippen MR) is 197 cm³/mol. The largest absolute Gasteiger partial charge is 2.00 e. The number of aliphatic carboxylic acids is 4. The van der Waals surface area contributed by atoms with E-state index < -0.39 is 59.6 Å². The number of allylic oxidation sites excluding steroid dienone is 4. The van der Waals surface area contributed by atoms with E-state index in [2.05, 4.69) is 24.5 Å². The number of carbonyl (C=O) groups excluding carboxylic acids is 6. The van der Waals surface area contributed by atoms with Crippen molar-refractivity contribution >= 4 is 70.6 Å². The molecule has 1 fully saturated rings. The number of carboxylic acid groups (broad SMARTS) is 4. The summed E-state index contributed by atoms with van der Waals surface area (Å²) >= 11 is 2.92. The van der Waals surface area contributed by atoms with Crippen molar-refractivity contribution in [3.05, 3.63) is 104 Å². The van der Waals surface area contributed by atoms with Crippen LogP contribution >= 0.6 is 23.5 Å². The first-order chi connectivity index (χ1) is 26.0. The minimum atomic E-state index is -1.41. The van der Waals surface area contributed by atoms with Crippen LogP contribution in [0, 0.1) is 0 Å². The Morgan fingerprint density at radius 1 is 0.579 bits per heavy atom. The summed E-state index contributed by atoms with van der Waals surface area (Å²) in [7, 11) is 0. The average Bonchev–Trinajstić information content (AvgIpc) is 3.81. The number of benzene rings is 2. The Kier molecular flexibility index (Phi) is 14.9. The first kappa shape index (κ1) is 45.6. The fraction of sp³-hybridized carbons (Fsp3) is 0.333. The van der Waals surface area contributed by atoms with Gasteiger partial charge in [-0.25, -0.2) is 0 Å². The summed E-state index contributed by atoms with van der Waals surface area (Å²) in [6.07, 6.45) is 6.58. The van der Waals surface area contributed by atoms with Crippen molar-refractivity contribution < 1.29 is 83.3 Å². The van der Waals surface area contributed by atoms with Crippen molar-refractivity contribution in [3.8, 4) is 0 Å². The van der Waals surface area contributed by atoms with Crippen LogP contribution in [0.5, 0.6) is 0 Å². The average molecular weight is 912 g/mol. The van der Waals surface area contributed by atoms with Crippen LogP contribution in [0.3, 0.4) is 0 Å². The third kappa shape index (κ3) is 10.1. The van der Waals surface area contributed by atoms with Crippen LogP contribution in [-0.4, -0.2) is 81.2 Å². The molecule has 2 amide bonds. The van der Waals surface area contributed by atoms with E-state index in [1.165, 1.54) is 44.5 Å². The molecular weight excluding hydrogens is 876 g/mol. The van der Waals surface area contributed by atoms with Gasteiger partial charge < -0.3 is 50.2 Å². The van der Waals surface area contributed by atoms with Crippen LogP contribution in [0.2, 0.25) is 0 Å². The van der Waals surface area contributed by atoms with Crippen molar-refractivity contribution in [1.82, 2.24) is 9.80 Å². The molecule has 57 heavy (non-hydrogen) atoms. The fourth-order valence-electron chi connectivity index (χ4n) is 7.52. The first-order valence-corrected chi connectivity index (χ1v) is 19.0. The van der Waals surface area contributed by atoms with E-state index in [1.807, 2.05) is 12.2 Å². The van der Waals surface area contributed by atoms with Gasteiger partial charge in [-0.05, 0) is 103 Å². The van der Waals surface area contributed by atoms with Gasteiger partial charge in [-0.2, -0.15) is 0 Å². The Bertz CT molecular complexity index is 1930. The van der Waals surface area contributed by atoms with Gasteiger partial charge in [-0.15, -0.1) is 23.5 Å². The molecule has 306 valence electrons. The number of hydrogen-bond acceptors (Lipinski definition) is 14. The molecule has 0 bridgehead atoms. The van der Waals surface area contributed by atoms with E-state index in [9.17, 15) is 49.2 Å². The topological polar surface area (TPSA) is 225 Å². The Labute approximate surface area is 358 Å². The molecule has 6 rings (SSSR count). The fourth-order valence-corrected chi connectivity index (χ4v) is 10.5. The van der Waals surface area contributed by atoms with Crippen LogP contribution in [0.1, 0.15) is 44.2 Å². The van der Waals surface area contributed by atoms with E-state index >= 15 is 0 Å². The van der Waals surface area contributed by atoms with E-state index in [0.29, 0.717) is 32.3 Å². The molecule has 1 saturated carbocycles. The number of fused-ring (bicyclic) bond motifs is 4. The molecule has 2 atom stereocenters. The van der Waals surface area contributed by atoms with Gasteiger partial charge in [0, 0.05) is 50.6 Å². The minimum Gasteiger partial charge on any atom is -0.549 e. The summed E-state index contributed by atoms with van der Waals surface area (Å²) in [5.41, 5.74) is 6.82. The third-order valence-electron chi connectivity index (χ3n) is 10.1. The van der Waals surface area contributed by atoms with E-state index in [4.69, 9.17) is 0 Å². The van der Waals surface area contributed by atoms with Crippen LogP contribution in [0.4, 0.5) is 11.4 Å². The summed E-state index contributed by atoms with van der Waals surface area (Å²) in [5.74, 6) is -6.25. The maximum atomic E-state index is 13.7. The van der Waals surface area contributed by atoms with Gasteiger partial charge in [0.1, 0.15) is 0 Å². The molecule has 2 unspecified atom stereocenters. The van der Waals surface area contributed by atoms with Gasteiger partial charge in [0.25, 0.3) is 11.8 Å². The number of anilines is 2. The van der Waals surface area contributed by atoms with E-state index in [1.54, 1.807) is 48.5 Å². The van der Waals surface area contributed by atoms with Crippen LogP contribution in [-0.2, 0) is 76.0 Å². The number of carbonyl (C=O) groups is 6. The Morgan fingerprint density at radius 3 is 1.19 bits per heavy atom. The van der Waals surface area contributed by atoms with Crippen molar-refractivity contribution in [2.75, 3.05) is 36.8 Å². The van der Waals surface area contributed by atoms with Crippen molar-refractivity contribution in [1.29, 1.82) is 0 Å². The second-order valence-electron chi connectivity index (χ2n) is 14.0. The van der Waals surface area contributed by atoms with Gasteiger partial charge in [0.2, 0.25) is 0 Å². The Morgan fingerprint density at radius 2 is 0.895 bits per heavy atom. The number of carboxylic acids is 4. The molecule has 2 N–H and O–H groups in total. The molecule has 18 heteroatoms. The molecule has 2 radical (unpaired) electrons. The summed E-state index contributed by atoms with van der Waals surface area (Å²) < 4.78 is -1.17. The number of hydrogen-bond donors (Lipinski definition) is 2. The summed E-state index contributed by atoms with van der Waals surface area (Å²) in [4.78, 5) is 75.0. The second-order valence-corrected chi connectivity index (χ2v) is 16.9. The van der Waals surface area contributed by atoms with Gasteiger partial charge >= 0.3 is 34.1 Å². The molecule has 2 aliphatic heterocycles. The third-order valence-corrected chi connectivity index (χ3v) is 13.3. The molecule has 14 nitrogen and oxygen atoms in total. The van der Waals surface area contributed by atoms with Crippen LogP contribution < -0.4 is 31.1 Å². The maximum absolute atomic E-state index is 13.7. The standard InChI is InChI=1S/C39H40N4O10S2.2Cu/c1-38-28(14-30(54-38)36(52)40-24-10-6-22(7-11-24)16-42(18-32(44)45)19-33(46)47)26-4-3-5-27(26)29-15-31(55-39(29,38)2)37(53)41-25-12-8-23(9-13-25)17-43(20-34(48)49)21-35(50)51;;/h6-15H,3-5,16-21H2,1-2H3,(H,40,52)(H,41,53)(H,44,45)(H,46,47)(H,48,49)(H,50,51);;/q;2*+2/p-4. The molecule has 0 spiro atoms. The van der Waals surface area contributed by atoms with E-state index in [0.717, 1.165) is 30.4 Å². The molecule has 4 aliphatic rings. The van der Waals surface area contributed by atoms with Gasteiger partial charge in [-0.1, -0.05) is 24.3 Å². The number of nitrogens with one attached hydrogen (secondary N) is 2. The molecule has 0 saturated heterocycles.